The lowest BCUT2D eigenvalue weighted by atomic mass is 9.83. The number of benzene rings is 1. The van der Waals surface area contributed by atoms with Crippen LogP contribution < -0.4 is 10.1 Å². The van der Waals surface area contributed by atoms with E-state index in [1.54, 1.807) is 12.1 Å². The molecule has 0 aromatic heterocycles. The molecule has 1 N–H and O–H groups in total. The Labute approximate surface area is 128 Å². The van der Waals surface area contributed by atoms with E-state index in [0.29, 0.717) is 5.75 Å². The maximum atomic E-state index is 14.0. The first-order valence-electron chi connectivity index (χ1n) is 8.31. The van der Waals surface area contributed by atoms with E-state index < -0.39 is 0 Å². The fourth-order valence-corrected chi connectivity index (χ4v) is 3.31. The van der Waals surface area contributed by atoms with Crippen molar-refractivity contribution < 1.29 is 9.13 Å². The highest BCUT2D eigenvalue weighted by atomic mass is 19.1. The molecule has 0 radical (unpaired) electrons. The average Bonchev–Trinajstić information content (AvgIpc) is 2.52. The van der Waals surface area contributed by atoms with Gasteiger partial charge in [0, 0.05) is 6.04 Å². The molecule has 1 unspecified atom stereocenters. The van der Waals surface area contributed by atoms with Crippen molar-refractivity contribution in [1.29, 1.82) is 0 Å². The van der Waals surface area contributed by atoms with E-state index in [9.17, 15) is 4.39 Å². The van der Waals surface area contributed by atoms with Gasteiger partial charge >= 0.3 is 0 Å². The molecule has 1 aliphatic rings. The summed E-state index contributed by atoms with van der Waals surface area (Å²) in [6, 6.07) is 5.63. The molecule has 21 heavy (non-hydrogen) atoms. The Morgan fingerprint density at radius 2 is 2.05 bits per heavy atom. The van der Waals surface area contributed by atoms with Gasteiger partial charge < -0.3 is 10.1 Å². The van der Waals surface area contributed by atoms with Crippen molar-refractivity contribution in [3.05, 3.63) is 29.6 Å². The van der Waals surface area contributed by atoms with E-state index in [1.165, 1.54) is 39.2 Å². The van der Waals surface area contributed by atoms with Gasteiger partial charge in [-0.05, 0) is 43.0 Å². The summed E-state index contributed by atoms with van der Waals surface area (Å²) in [6.07, 6.45) is 8.93. The highest BCUT2D eigenvalue weighted by Gasteiger charge is 2.20. The molecule has 1 aromatic rings. The van der Waals surface area contributed by atoms with Gasteiger partial charge in [0.15, 0.2) is 11.6 Å². The summed E-state index contributed by atoms with van der Waals surface area (Å²) in [6.45, 7) is 3.14. The van der Waals surface area contributed by atoms with Crippen LogP contribution in [-0.4, -0.2) is 13.7 Å². The lowest BCUT2D eigenvalue weighted by Crippen LogP contribution is -2.25. The van der Waals surface area contributed by atoms with Crippen LogP contribution in [0.25, 0.3) is 0 Å². The Morgan fingerprint density at radius 3 is 2.67 bits per heavy atom. The number of methoxy groups -OCH3 is 1. The summed E-state index contributed by atoms with van der Waals surface area (Å²) in [5, 5.41) is 3.59. The summed E-state index contributed by atoms with van der Waals surface area (Å²) in [5.41, 5.74) is 1.05. The monoisotopic (exact) mass is 293 g/mol. The molecule has 118 valence electrons. The van der Waals surface area contributed by atoms with Crippen LogP contribution in [0, 0.1) is 11.7 Å². The van der Waals surface area contributed by atoms with Gasteiger partial charge in [-0.15, -0.1) is 0 Å². The first-order chi connectivity index (χ1) is 10.2. The summed E-state index contributed by atoms with van der Waals surface area (Å²) < 4.78 is 19.0. The molecule has 1 fully saturated rings. The predicted molar refractivity (Wildman–Crippen MR) is 85.2 cm³/mol. The topological polar surface area (TPSA) is 21.3 Å². The van der Waals surface area contributed by atoms with Gasteiger partial charge in [0.05, 0.1) is 7.11 Å². The summed E-state index contributed by atoms with van der Waals surface area (Å²) in [4.78, 5) is 0. The molecule has 2 rings (SSSR count). The predicted octanol–water partition coefficient (Wildman–Crippen LogP) is 4.85. The third-order valence-corrected chi connectivity index (χ3v) is 4.51. The van der Waals surface area contributed by atoms with E-state index in [2.05, 4.69) is 12.2 Å². The minimum Gasteiger partial charge on any atom is -0.494 e. The second-order valence-electron chi connectivity index (χ2n) is 6.14. The standard InChI is InChI=1S/C18H28FNO/c1-3-11-20-17(12-14-7-5-4-6-8-14)15-9-10-18(21-2)16(19)13-15/h9-10,13-14,17,20H,3-8,11-12H2,1-2H3. The lowest BCUT2D eigenvalue weighted by Gasteiger charge is -2.27. The van der Waals surface area contributed by atoms with Crippen molar-refractivity contribution >= 4 is 0 Å². The molecule has 0 heterocycles. The number of ether oxygens (including phenoxy) is 1. The van der Waals surface area contributed by atoms with Crippen molar-refractivity contribution in [2.24, 2.45) is 5.92 Å². The van der Waals surface area contributed by atoms with E-state index in [-0.39, 0.29) is 11.9 Å². The van der Waals surface area contributed by atoms with E-state index >= 15 is 0 Å². The molecule has 0 bridgehead atoms. The Balaban J connectivity index is 2.08. The molecule has 2 nitrogen and oxygen atoms in total. The van der Waals surface area contributed by atoms with Crippen LogP contribution in [0.3, 0.4) is 0 Å². The molecular formula is C18H28FNO. The fourth-order valence-electron chi connectivity index (χ4n) is 3.31. The summed E-state index contributed by atoms with van der Waals surface area (Å²) in [7, 11) is 1.51. The van der Waals surface area contributed by atoms with Gasteiger partial charge in [-0.2, -0.15) is 0 Å². The first-order valence-corrected chi connectivity index (χ1v) is 8.31. The Kier molecular flexibility index (Phi) is 6.50. The van der Waals surface area contributed by atoms with Crippen LogP contribution in [0.15, 0.2) is 18.2 Å². The first kappa shape index (κ1) is 16.3. The number of nitrogens with one attached hydrogen (secondary N) is 1. The van der Waals surface area contributed by atoms with Gasteiger partial charge in [0.2, 0.25) is 0 Å². The molecule has 0 amide bonds. The van der Waals surface area contributed by atoms with E-state index in [1.807, 2.05) is 6.07 Å². The zero-order chi connectivity index (χ0) is 15.1. The Morgan fingerprint density at radius 1 is 1.29 bits per heavy atom. The largest absolute Gasteiger partial charge is 0.494 e. The Bertz CT molecular complexity index is 429. The molecule has 1 aliphatic carbocycles. The van der Waals surface area contributed by atoms with Gasteiger partial charge in [0.25, 0.3) is 0 Å². The fraction of sp³-hybridized carbons (Fsp3) is 0.667. The maximum absolute atomic E-state index is 14.0. The molecular weight excluding hydrogens is 265 g/mol. The number of hydrogen-bond acceptors (Lipinski definition) is 2. The highest BCUT2D eigenvalue weighted by molar-refractivity contribution is 5.31. The van der Waals surface area contributed by atoms with E-state index in [0.717, 1.165) is 30.9 Å². The third kappa shape index (κ3) is 4.70. The Hall–Kier alpha value is -1.09. The smallest absolute Gasteiger partial charge is 0.165 e. The second-order valence-corrected chi connectivity index (χ2v) is 6.14. The van der Waals surface area contributed by atoms with Crippen LogP contribution in [0.1, 0.15) is 63.5 Å². The third-order valence-electron chi connectivity index (χ3n) is 4.51. The van der Waals surface area contributed by atoms with Crippen LogP contribution >= 0.6 is 0 Å². The van der Waals surface area contributed by atoms with Gasteiger partial charge in [-0.1, -0.05) is 45.1 Å². The van der Waals surface area contributed by atoms with Crippen molar-refractivity contribution in [1.82, 2.24) is 5.32 Å². The molecule has 0 saturated heterocycles. The molecule has 1 aromatic carbocycles. The number of rotatable bonds is 7. The maximum Gasteiger partial charge on any atom is 0.165 e. The second kappa shape index (κ2) is 8.38. The van der Waals surface area contributed by atoms with Crippen molar-refractivity contribution in [2.45, 2.75) is 57.9 Å². The molecule has 1 saturated carbocycles. The summed E-state index contributed by atoms with van der Waals surface area (Å²) >= 11 is 0. The van der Waals surface area contributed by atoms with Gasteiger partial charge in [-0.25, -0.2) is 4.39 Å². The van der Waals surface area contributed by atoms with Crippen LogP contribution in [0.4, 0.5) is 4.39 Å². The van der Waals surface area contributed by atoms with Gasteiger partial charge in [0.1, 0.15) is 0 Å². The number of hydrogen-bond donors (Lipinski definition) is 1. The lowest BCUT2D eigenvalue weighted by molar-refractivity contribution is 0.299. The van der Waals surface area contributed by atoms with Crippen molar-refractivity contribution in [2.75, 3.05) is 13.7 Å². The van der Waals surface area contributed by atoms with Gasteiger partial charge in [-0.3, -0.25) is 0 Å². The zero-order valence-electron chi connectivity index (χ0n) is 13.3. The molecule has 0 spiro atoms. The zero-order valence-corrected chi connectivity index (χ0v) is 13.3. The normalized spacial score (nSPS) is 17.7. The van der Waals surface area contributed by atoms with E-state index in [4.69, 9.17) is 4.74 Å². The van der Waals surface area contributed by atoms with Crippen molar-refractivity contribution in [3.8, 4) is 5.75 Å². The molecule has 0 aliphatic heterocycles. The average molecular weight is 293 g/mol. The van der Waals surface area contributed by atoms with Crippen LogP contribution in [0.5, 0.6) is 5.75 Å². The SMILES string of the molecule is CCCNC(CC1CCCCC1)c1ccc(OC)c(F)c1. The van der Waals surface area contributed by atoms with Crippen molar-refractivity contribution in [3.63, 3.8) is 0 Å². The quantitative estimate of drug-likeness (QED) is 0.776. The minimum atomic E-state index is -0.262. The minimum absolute atomic E-state index is 0.258. The van der Waals surface area contributed by atoms with Crippen LogP contribution in [0.2, 0.25) is 0 Å². The molecule has 1 atom stereocenters. The highest BCUT2D eigenvalue weighted by Crippen LogP contribution is 2.33. The molecule has 3 heteroatoms. The summed E-state index contributed by atoms with van der Waals surface area (Å²) in [5.74, 6) is 0.839. The number of halogens is 1. The van der Waals surface area contributed by atoms with Crippen LogP contribution in [-0.2, 0) is 0 Å².